The van der Waals surface area contributed by atoms with Crippen LogP contribution in [0.15, 0.2) is 34.9 Å². The fraction of sp³-hybridized carbons (Fsp3) is 0.231. The van der Waals surface area contributed by atoms with E-state index in [4.69, 9.17) is 5.73 Å². The van der Waals surface area contributed by atoms with Crippen molar-refractivity contribution in [3.8, 4) is 11.4 Å². The number of nitrogens with two attached hydrogens (primary N) is 1. The van der Waals surface area contributed by atoms with Gasteiger partial charge in [0.05, 0.1) is 5.69 Å². The highest BCUT2D eigenvalue weighted by Gasteiger charge is 2.22. The maximum absolute atomic E-state index is 6.03. The molecule has 17 heavy (non-hydrogen) atoms. The SMILES string of the molecule is NC1CCc2cnc(-c3ccccc3Br)nc21. The molecule has 0 fully saturated rings. The van der Waals surface area contributed by atoms with Crippen molar-refractivity contribution in [2.24, 2.45) is 5.73 Å². The van der Waals surface area contributed by atoms with Gasteiger partial charge in [-0.05, 0) is 24.5 Å². The molecule has 0 amide bonds. The summed E-state index contributed by atoms with van der Waals surface area (Å²) in [6, 6.07) is 8.02. The lowest BCUT2D eigenvalue weighted by atomic mass is 10.2. The van der Waals surface area contributed by atoms with Crippen LogP contribution in [0.25, 0.3) is 11.4 Å². The monoisotopic (exact) mass is 289 g/mol. The van der Waals surface area contributed by atoms with Crippen LogP contribution in [0.4, 0.5) is 0 Å². The summed E-state index contributed by atoms with van der Waals surface area (Å²) in [5, 5.41) is 0. The van der Waals surface area contributed by atoms with Gasteiger partial charge < -0.3 is 5.73 Å². The average Bonchev–Trinajstić information content (AvgIpc) is 2.71. The lowest BCUT2D eigenvalue weighted by Crippen LogP contribution is -2.08. The second-order valence-electron chi connectivity index (χ2n) is 4.23. The molecule has 3 nitrogen and oxygen atoms in total. The highest BCUT2D eigenvalue weighted by molar-refractivity contribution is 9.10. The summed E-state index contributed by atoms with van der Waals surface area (Å²) in [5.74, 6) is 0.744. The first-order chi connectivity index (χ1) is 8.25. The number of aromatic nitrogens is 2. The predicted molar refractivity (Wildman–Crippen MR) is 70.4 cm³/mol. The van der Waals surface area contributed by atoms with Gasteiger partial charge in [0, 0.05) is 22.3 Å². The van der Waals surface area contributed by atoms with Crippen LogP contribution in [0.1, 0.15) is 23.7 Å². The Morgan fingerprint density at radius 2 is 2.12 bits per heavy atom. The van der Waals surface area contributed by atoms with Crippen molar-refractivity contribution >= 4 is 15.9 Å². The molecule has 1 atom stereocenters. The summed E-state index contributed by atoms with van der Waals surface area (Å²) >= 11 is 3.52. The minimum atomic E-state index is 0.0641. The zero-order valence-corrected chi connectivity index (χ0v) is 10.8. The van der Waals surface area contributed by atoms with E-state index in [1.54, 1.807) is 0 Å². The minimum absolute atomic E-state index is 0.0641. The predicted octanol–water partition coefficient (Wildman–Crippen LogP) is 2.85. The zero-order valence-electron chi connectivity index (χ0n) is 9.23. The summed E-state index contributed by atoms with van der Waals surface area (Å²) in [6.07, 6.45) is 3.88. The molecule has 1 aliphatic carbocycles. The molecule has 1 unspecified atom stereocenters. The van der Waals surface area contributed by atoms with Crippen molar-refractivity contribution in [3.63, 3.8) is 0 Å². The van der Waals surface area contributed by atoms with Crippen LogP contribution in [-0.2, 0) is 6.42 Å². The summed E-state index contributed by atoms with van der Waals surface area (Å²) < 4.78 is 1.01. The molecule has 1 heterocycles. The van der Waals surface area contributed by atoms with Crippen molar-refractivity contribution in [3.05, 3.63) is 46.2 Å². The van der Waals surface area contributed by atoms with E-state index in [-0.39, 0.29) is 6.04 Å². The molecule has 3 rings (SSSR count). The third kappa shape index (κ3) is 1.87. The molecule has 86 valence electrons. The molecule has 0 saturated carbocycles. The van der Waals surface area contributed by atoms with E-state index in [0.29, 0.717) is 0 Å². The standard InChI is InChI=1S/C13H12BrN3/c14-10-4-2-1-3-9(10)13-16-7-8-5-6-11(15)12(8)17-13/h1-4,7,11H,5-6,15H2. The van der Waals surface area contributed by atoms with Gasteiger partial charge in [-0.2, -0.15) is 0 Å². The molecule has 0 radical (unpaired) electrons. The van der Waals surface area contributed by atoms with Crippen LogP contribution >= 0.6 is 15.9 Å². The van der Waals surface area contributed by atoms with Gasteiger partial charge >= 0.3 is 0 Å². The van der Waals surface area contributed by atoms with E-state index < -0.39 is 0 Å². The smallest absolute Gasteiger partial charge is 0.160 e. The molecule has 0 aliphatic heterocycles. The molecule has 0 spiro atoms. The van der Waals surface area contributed by atoms with Crippen LogP contribution < -0.4 is 5.73 Å². The van der Waals surface area contributed by atoms with Crippen molar-refractivity contribution in [2.45, 2.75) is 18.9 Å². The second-order valence-corrected chi connectivity index (χ2v) is 5.08. The zero-order chi connectivity index (χ0) is 11.8. The molecule has 1 aromatic heterocycles. The lowest BCUT2D eigenvalue weighted by Gasteiger charge is -2.07. The molecule has 1 aromatic carbocycles. The number of rotatable bonds is 1. The average molecular weight is 290 g/mol. The van der Waals surface area contributed by atoms with Crippen LogP contribution in [0.2, 0.25) is 0 Å². The van der Waals surface area contributed by atoms with Gasteiger partial charge in [0.1, 0.15) is 0 Å². The molecule has 2 N–H and O–H groups in total. The molecule has 4 heteroatoms. The van der Waals surface area contributed by atoms with Crippen LogP contribution in [0.5, 0.6) is 0 Å². The topological polar surface area (TPSA) is 51.8 Å². The number of aryl methyl sites for hydroxylation is 1. The molecule has 2 aromatic rings. The van der Waals surface area contributed by atoms with Crippen molar-refractivity contribution in [2.75, 3.05) is 0 Å². The van der Waals surface area contributed by atoms with E-state index in [0.717, 1.165) is 34.4 Å². The Labute approximate surface area is 108 Å². The van der Waals surface area contributed by atoms with Crippen molar-refractivity contribution in [1.29, 1.82) is 0 Å². The highest BCUT2D eigenvalue weighted by atomic mass is 79.9. The maximum Gasteiger partial charge on any atom is 0.160 e. The molecular formula is C13H12BrN3. The van der Waals surface area contributed by atoms with Gasteiger partial charge in [-0.1, -0.05) is 34.1 Å². The molecule has 0 saturated heterocycles. The summed E-state index contributed by atoms with van der Waals surface area (Å²) in [4.78, 5) is 9.02. The number of nitrogens with zero attached hydrogens (tertiary/aromatic N) is 2. The Hall–Kier alpha value is -1.26. The first-order valence-corrected chi connectivity index (χ1v) is 6.41. The third-order valence-electron chi connectivity index (χ3n) is 3.09. The van der Waals surface area contributed by atoms with Crippen LogP contribution in [-0.4, -0.2) is 9.97 Å². The van der Waals surface area contributed by atoms with Gasteiger partial charge in [-0.25, -0.2) is 9.97 Å². The maximum atomic E-state index is 6.03. The number of hydrogen-bond donors (Lipinski definition) is 1. The Balaban J connectivity index is 2.11. The van der Waals surface area contributed by atoms with Crippen LogP contribution in [0.3, 0.4) is 0 Å². The van der Waals surface area contributed by atoms with Crippen molar-refractivity contribution in [1.82, 2.24) is 9.97 Å². The molecule has 1 aliphatic rings. The first-order valence-electron chi connectivity index (χ1n) is 5.62. The van der Waals surface area contributed by atoms with Gasteiger partial charge in [0.25, 0.3) is 0 Å². The van der Waals surface area contributed by atoms with Crippen molar-refractivity contribution < 1.29 is 0 Å². The Morgan fingerprint density at radius 1 is 1.29 bits per heavy atom. The molecule has 0 bridgehead atoms. The fourth-order valence-corrected chi connectivity index (χ4v) is 2.62. The van der Waals surface area contributed by atoms with E-state index in [1.807, 2.05) is 30.5 Å². The summed E-state index contributed by atoms with van der Waals surface area (Å²) in [7, 11) is 0. The summed E-state index contributed by atoms with van der Waals surface area (Å²) in [6.45, 7) is 0. The Morgan fingerprint density at radius 3 is 2.94 bits per heavy atom. The van der Waals surface area contributed by atoms with Gasteiger partial charge in [-0.3, -0.25) is 0 Å². The second kappa shape index (κ2) is 4.20. The quantitative estimate of drug-likeness (QED) is 0.878. The van der Waals surface area contributed by atoms with E-state index in [1.165, 1.54) is 5.56 Å². The Bertz CT molecular complexity index is 568. The number of hydrogen-bond acceptors (Lipinski definition) is 3. The third-order valence-corrected chi connectivity index (χ3v) is 3.78. The number of benzene rings is 1. The van der Waals surface area contributed by atoms with Crippen LogP contribution in [0, 0.1) is 0 Å². The number of fused-ring (bicyclic) bond motifs is 1. The lowest BCUT2D eigenvalue weighted by molar-refractivity contribution is 0.698. The summed E-state index contributed by atoms with van der Waals surface area (Å²) in [5.41, 5.74) is 9.23. The van der Waals surface area contributed by atoms with Gasteiger partial charge in [-0.15, -0.1) is 0 Å². The van der Waals surface area contributed by atoms with E-state index in [2.05, 4.69) is 25.9 Å². The minimum Gasteiger partial charge on any atom is -0.323 e. The number of halogens is 1. The van der Waals surface area contributed by atoms with Gasteiger partial charge in [0.15, 0.2) is 5.82 Å². The van der Waals surface area contributed by atoms with Gasteiger partial charge in [0.2, 0.25) is 0 Å². The largest absolute Gasteiger partial charge is 0.323 e. The Kier molecular flexibility index (Phi) is 2.68. The highest BCUT2D eigenvalue weighted by Crippen LogP contribution is 2.30. The molecular weight excluding hydrogens is 278 g/mol. The first kappa shape index (κ1) is 10.9. The fourth-order valence-electron chi connectivity index (χ4n) is 2.15. The van der Waals surface area contributed by atoms with E-state index in [9.17, 15) is 0 Å². The normalized spacial score (nSPS) is 18.1. The van der Waals surface area contributed by atoms with E-state index >= 15 is 0 Å².